The molecule has 3 rings (SSSR count). The van der Waals surface area contributed by atoms with Gasteiger partial charge in [0.2, 0.25) is 0 Å². The normalized spacial score (nSPS) is 11.1. The third-order valence-corrected chi connectivity index (χ3v) is 4.88. The largest absolute Gasteiger partial charge is 0.544 e. The Balaban J connectivity index is 1.87. The number of carboxylic acids is 1. The summed E-state index contributed by atoms with van der Waals surface area (Å²) in [5.74, 6) is -1.52. The lowest BCUT2D eigenvalue weighted by molar-refractivity contribution is -0.254. The van der Waals surface area contributed by atoms with E-state index in [1.54, 1.807) is 6.08 Å². The Bertz CT molecular complexity index is 968. The van der Waals surface area contributed by atoms with Gasteiger partial charge in [-0.1, -0.05) is 18.2 Å². The monoisotopic (exact) mass is 351 g/mol. The smallest absolute Gasteiger partial charge is 0.195 e. The van der Waals surface area contributed by atoms with Crippen LogP contribution in [0.2, 0.25) is 0 Å². The van der Waals surface area contributed by atoms with Crippen molar-refractivity contribution in [2.75, 3.05) is 0 Å². The van der Waals surface area contributed by atoms with Crippen LogP contribution in [-0.2, 0) is 0 Å². The number of rotatable bonds is 5. The van der Waals surface area contributed by atoms with Gasteiger partial charge in [0.1, 0.15) is 0 Å². The highest BCUT2D eigenvalue weighted by atomic mass is 32.1. The standard InChI is InChI=1S/C19H16N2O3S/c1-12-15(13(2)21(20-12)14-6-4-3-5-7-14)8-9-16(22)17-10-11-18(25-17)19(23)24/h3-11H,1-2H3,(H,23,24)/p-1/b9-8+. The number of hydrogen-bond acceptors (Lipinski definition) is 5. The van der Waals surface area contributed by atoms with Crippen LogP contribution in [0.15, 0.2) is 48.5 Å². The number of benzene rings is 1. The number of carbonyl (C=O) groups excluding carboxylic acids is 2. The average molecular weight is 351 g/mol. The van der Waals surface area contributed by atoms with E-state index >= 15 is 0 Å². The third-order valence-electron chi connectivity index (χ3n) is 3.80. The fraction of sp³-hybridized carbons (Fsp3) is 0.105. The number of ketones is 1. The number of aromatic carboxylic acids is 1. The van der Waals surface area contributed by atoms with E-state index in [9.17, 15) is 14.7 Å². The number of thiophene rings is 1. The second kappa shape index (κ2) is 6.86. The summed E-state index contributed by atoms with van der Waals surface area (Å²) in [7, 11) is 0. The van der Waals surface area contributed by atoms with Crippen molar-refractivity contribution >= 4 is 29.2 Å². The lowest BCUT2D eigenvalue weighted by Crippen LogP contribution is -2.20. The minimum Gasteiger partial charge on any atom is -0.544 e. The first-order valence-corrected chi connectivity index (χ1v) is 8.44. The molecule has 0 bridgehead atoms. The lowest BCUT2D eigenvalue weighted by Gasteiger charge is -2.03. The van der Waals surface area contributed by atoms with Crippen molar-refractivity contribution in [3.63, 3.8) is 0 Å². The molecule has 6 heteroatoms. The van der Waals surface area contributed by atoms with E-state index in [2.05, 4.69) is 5.10 Å². The van der Waals surface area contributed by atoms with Gasteiger partial charge in [-0.15, -0.1) is 11.3 Å². The predicted molar refractivity (Wildman–Crippen MR) is 95.1 cm³/mol. The molecule has 0 amide bonds. The molecule has 0 aliphatic carbocycles. The van der Waals surface area contributed by atoms with Crippen molar-refractivity contribution in [1.29, 1.82) is 0 Å². The molecule has 0 unspecified atom stereocenters. The number of hydrogen-bond donors (Lipinski definition) is 0. The minimum atomic E-state index is -1.27. The molecule has 0 saturated heterocycles. The second-order valence-corrected chi connectivity index (χ2v) is 6.56. The summed E-state index contributed by atoms with van der Waals surface area (Å²) in [6.45, 7) is 3.83. The molecule has 0 atom stereocenters. The number of aryl methyl sites for hydroxylation is 1. The zero-order valence-corrected chi connectivity index (χ0v) is 14.5. The van der Waals surface area contributed by atoms with Crippen molar-refractivity contribution in [3.05, 3.63) is 75.2 Å². The minimum absolute atomic E-state index is 0.0426. The highest BCUT2D eigenvalue weighted by molar-refractivity contribution is 7.16. The van der Waals surface area contributed by atoms with Crippen molar-refractivity contribution < 1.29 is 14.7 Å². The highest BCUT2D eigenvalue weighted by Gasteiger charge is 2.12. The van der Waals surface area contributed by atoms with Crippen LogP contribution in [0.25, 0.3) is 11.8 Å². The molecule has 0 saturated carbocycles. The number of para-hydroxylation sites is 1. The van der Waals surface area contributed by atoms with Gasteiger partial charge in [0, 0.05) is 11.3 Å². The van der Waals surface area contributed by atoms with Crippen molar-refractivity contribution in [1.82, 2.24) is 9.78 Å². The molecule has 0 spiro atoms. The van der Waals surface area contributed by atoms with Gasteiger partial charge in [0.05, 0.1) is 27.1 Å². The molecule has 25 heavy (non-hydrogen) atoms. The summed E-state index contributed by atoms with van der Waals surface area (Å²) in [5, 5.41) is 15.3. The first-order chi connectivity index (χ1) is 12.0. The van der Waals surface area contributed by atoms with Gasteiger partial charge < -0.3 is 9.90 Å². The Morgan fingerprint density at radius 3 is 2.40 bits per heavy atom. The SMILES string of the molecule is Cc1nn(-c2ccccc2)c(C)c1/C=C/C(=O)c1ccc(C(=O)[O-])s1. The Morgan fingerprint density at radius 2 is 1.76 bits per heavy atom. The van der Waals surface area contributed by atoms with Crippen LogP contribution in [0.1, 0.15) is 36.3 Å². The van der Waals surface area contributed by atoms with E-state index in [-0.39, 0.29) is 10.7 Å². The quantitative estimate of drug-likeness (QED) is 0.523. The molecule has 0 radical (unpaired) electrons. The number of carbonyl (C=O) groups is 2. The van der Waals surface area contributed by atoms with Gasteiger partial charge in [-0.3, -0.25) is 4.79 Å². The zero-order valence-electron chi connectivity index (χ0n) is 13.7. The predicted octanol–water partition coefficient (Wildman–Crippen LogP) is 2.81. The molecule has 1 aromatic carbocycles. The summed E-state index contributed by atoms with van der Waals surface area (Å²) in [5.41, 5.74) is 3.56. The molecule has 0 aliphatic heterocycles. The van der Waals surface area contributed by atoms with Crippen LogP contribution >= 0.6 is 11.3 Å². The van der Waals surface area contributed by atoms with Crippen LogP contribution in [-0.4, -0.2) is 21.5 Å². The highest BCUT2D eigenvalue weighted by Crippen LogP contribution is 2.21. The van der Waals surface area contributed by atoms with E-state index in [0.29, 0.717) is 4.88 Å². The Kier molecular flexibility index (Phi) is 4.63. The molecule has 2 aromatic heterocycles. The number of aromatic nitrogens is 2. The van der Waals surface area contributed by atoms with Crippen molar-refractivity contribution in [2.45, 2.75) is 13.8 Å². The number of allylic oxidation sites excluding steroid dienone is 1. The zero-order chi connectivity index (χ0) is 18.0. The molecule has 0 aliphatic rings. The topological polar surface area (TPSA) is 75.0 Å². The van der Waals surface area contributed by atoms with Crippen LogP contribution in [0.5, 0.6) is 0 Å². The van der Waals surface area contributed by atoms with E-state index in [0.717, 1.165) is 34.0 Å². The fourth-order valence-corrected chi connectivity index (χ4v) is 3.30. The average Bonchev–Trinajstić information content (AvgIpc) is 3.20. The maximum absolute atomic E-state index is 12.2. The molecule has 2 heterocycles. The molecule has 5 nitrogen and oxygen atoms in total. The van der Waals surface area contributed by atoms with Gasteiger partial charge in [-0.2, -0.15) is 5.10 Å². The summed E-state index contributed by atoms with van der Waals surface area (Å²) in [4.78, 5) is 23.4. The summed E-state index contributed by atoms with van der Waals surface area (Å²) < 4.78 is 1.83. The molecular weight excluding hydrogens is 336 g/mol. The lowest BCUT2D eigenvalue weighted by atomic mass is 10.1. The van der Waals surface area contributed by atoms with E-state index in [4.69, 9.17) is 0 Å². The van der Waals surface area contributed by atoms with Gasteiger partial charge >= 0.3 is 0 Å². The summed E-state index contributed by atoms with van der Waals surface area (Å²) >= 11 is 0.911. The van der Waals surface area contributed by atoms with Gasteiger partial charge in [-0.05, 0) is 50.3 Å². The summed E-state index contributed by atoms with van der Waals surface area (Å²) in [6.07, 6.45) is 3.16. The van der Waals surface area contributed by atoms with E-state index < -0.39 is 5.97 Å². The van der Waals surface area contributed by atoms with Crippen molar-refractivity contribution in [2.24, 2.45) is 0 Å². The third kappa shape index (κ3) is 3.44. The number of nitrogens with zero attached hydrogens (tertiary/aromatic N) is 2. The number of carboxylic acid groups (broad SMARTS) is 1. The first-order valence-electron chi connectivity index (χ1n) is 7.62. The first kappa shape index (κ1) is 16.9. The van der Waals surface area contributed by atoms with Crippen LogP contribution < -0.4 is 5.11 Å². The molecule has 126 valence electrons. The fourth-order valence-electron chi connectivity index (χ4n) is 2.54. The Labute approximate surface area is 148 Å². The molecule has 0 fully saturated rings. The van der Waals surface area contributed by atoms with Crippen molar-refractivity contribution in [3.8, 4) is 5.69 Å². The van der Waals surface area contributed by atoms with Crippen LogP contribution in [0, 0.1) is 13.8 Å². The van der Waals surface area contributed by atoms with Crippen LogP contribution in [0.3, 0.4) is 0 Å². The maximum atomic E-state index is 12.2. The van der Waals surface area contributed by atoms with Gasteiger partial charge in [0.15, 0.2) is 5.78 Å². The maximum Gasteiger partial charge on any atom is 0.195 e. The van der Waals surface area contributed by atoms with E-state index in [1.807, 2.05) is 48.9 Å². The Morgan fingerprint density at radius 1 is 1.08 bits per heavy atom. The molecule has 0 N–H and O–H groups in total. The second-order valence-electron chi connectivity index (χ2n) is 5.48. The van der Waals surface area contributed by atoms with Crippen LogP contribution in [0.4, 0.5) is 0 Å². The summed E-state index contributed by atoms with van der Waals surface area (Å²) in [6, 6.07) is 12.6. The Hall–Kier alpha value is -2.99. The van der Waals surface area contributed by atoms with Gasteiger partial charge in [0.25, 0.3) is 0 Å². The molecular formula is C19H15N2O3S-. The van der Waals surface area contributed by atoms with E-state index in [1.165, 1.54) is 18.2 Å². The van der Waals surface area contributed by atoms with Gasteiger partial charge in [-0.25, -0.2) is 4.68 Å². The molecule has 3 aromatic rings.